The van der Waals surface area contributed by atoms with Crippen LogP contribution >= 0.6 is 0 Å². The van der Waals surface area contributed by atoms with E-state index in [4.69, 9.17) is 4.74 Å². The summed E-state index contributed by atoms with van der Waals surface area (Å²) >= 11 is 0. The molecule has 1 atom stereocenters. The first-order chi connectivity index (χ1) is 9.33. The number of carbonyl (C=O) groups is 1. The van der Waals surface area contributed by atoms with Crippen molar-refractivity contribution in [2.24, 2.45) is 0 Å². The number of ether oxygens (including phenoxy) is 1. The Hall–Kier alpha value is -2.35. The number of fused-ring (bicyclic) bond motifs is 1. The van der Waals surface area contributed by atoms with Crippen molar-refractivity contribution in [2.45, 2.75) is 12.5 Å². The third-order valence-electron chi connectivity index (χ3n) is 3.22. The third kappa shape index (κ3) is 2.58. The summed E-state index contributed by atoms with van der Waals surface area (Å²) in [6.07, 6.45) is 4.50. The largest absolute Gasteiger partial charge is 0.454 e. The van der Waals surface area contributed by atoms with Gasteiger partial charge in [0.2, 0.25) is 0 Å². The molecule has 0 aliphatic carbocycles. The Morgan fingerprint density at radius 1 is 1.00 bits per heavy atom. The van der Waals surface area contributed by atoms with Gasteiger partial charge in [-0.15, -0.1) is 0 Å². The number of hydrogen-bond acceptors (Lipinski definition) is 2. The summed E-state index contributed by atoms with van der Waals surface area (Å²) in [4.78, 5) is 11.9. The normalized spacial score (nSPS) is 18.1. The van der Waals surface area contributed by atoms with Gasteiger partial charge in [0.05, 0.1) is 5.56 Å². The van der Waals surface area contributed by atoms with Crippen molar-refractivity contribution in [1.82, 2.24) is 0 Å². The lowest BCUT2D eigenvalue weighted by Gasteiger charge is -2.22. The van der Waals surface area contributed by atoms with Crippen LogP contribution in [0.2, 0.25) is 0 Å². The van der Waals surface area contributed by atoms with Crippen molar-refractivity contribution in [3.05, 3.63) is 77.4 Å². The van der Waals surface area contributed by atoms with E-state index in [-0.39, 0.29) is 12.1 Å². The van der Waals surface area contributed by atoms with E-state index in [1.54, 1.807) is 0 Å². The van der Waals surface area contributed by atoms with Crippen LogP contribution in [0.4, 0.5) is 0 Å². The number of benzene rings is 2. The molecule has 19 heavy (non-hydrogen) atoms. The van der Waals surface area contributed by atoms with Crippen molar-refractivity contribution in [3.8, 4) is 0 Å². The van der Waals surface area contributed by atoms with Crippen LogP contribution in [0.5, 0.6) is 0 Å². The highest BCUT2D eigenvalue weighted by atomic mass is 16.5. The molecule has 0 unspecified atom stereocenters. The summed E-state index contributed by atoms with van der Waals surface area (Å²) in [7, 11) is 0. The Morgan fingerprint density at radius 3 is 2.58 bits per heavy atom. The van der Waals surface area contributed by atoms with E-state index < -0.39 is 0 Å². The molecule has 0 bridgehead atoms. The van der Waals surface area contributed by atoms with Crippen molar-refractivity contribution >= 4 is 12.0 Å². The molecule has 0 radical (unpaired) electrons. The molecule has 0 amide bonds. The van der Waals surface area contributed by atoms with Crippen LogP contribution in [0.25, 0.3) is 6.08 Å². The molecule has 0 fully saturated rings. The van der Waals surface area contributed by atoms with Crippen LogP contribution in [-0.4, -0.2) is 12.1 Å². The molecule has 0 N–H and O–H groups in total. The van der Waals surface area contributed by atoms with E-state index in [9.17, 15) is 4.79 Å². The van der Waals surface area contributed by atoms with E-state index in [0.717, 1.165) is 17.5 Å². The fourth-order valence-corrected chi connectivity index (χ4v) is 2.25. The van der Waals surface area contributed by atoms with E-state index in [2.05, 4.69) is 0 Å². The maximum absolute atomic E-state index is 11.9. The minimum atomic E-state index is -0.232. The quantitative estimate of drug-likeness (QED) is 0.763. The maximum Gasteiger partial charge on any atom is 0.339 e. The molecule has 0 aromatic heterocycles. The lowest BCUT2D eigenvalue weighted by molar-refractivity contribution is 0.0359. The van der Waals surface area contributed by atoms with Crippen molar-refractivity contribution in [2.75, 3.05) is 0 Å². The van der Waals surface area contributed by atoms with Crippen LogP contribution in [0.1, 0.15) is 21.5 Å². The molecular weight excluding hydrogens is 236 g/mol. The van der Waals surface area contributed by atoms with Gasteiger partial charge < -0.3 is 4.74 Å². The molecular formula is C17H14O2. The van der Waals surface area contributed by atoms with Gasteiger partial charge in [0.15, 0.2) is 0 Å². The predicted octanol–water partition coefficient (Wildman–Crippen LogP) is 3.48. The standard InChI is InChI=1S/C17H14O2/c18-17-16-9-5-4-8-14(16)12-15(19-17)11-10-13-6-2-1-3-7-13/h1-11,15H,12H2/b11-10+/t15-/m0/s1. The summed E-state index contributed by atoms with van der Waals surface area (Å²) < 4.78 is 5.41. The summed E-state index contributed by atoms with van der Waals surface area (Å²) in [5.41, 5.74) is 2.85. The fourth-order valence-electron chi connectivity index (χ4n) is 2.25. The minimum Gasteiger partial charge on any atom is -0.454 e. The Labute approximate surface area is 112 Å². The average Bonchev–Trinajstić information content (AvgIpc) is 2.46. The molecule has 0 spiro atoms. The second-order valence-electron chi connectivity index (χ2n) is 4.57. The smallest absolute Gasteiger partial charge is 0.339 e. The van der Waals surface area contributed by atoms with Gasteiger partial charge in [0.1, 0.15) is 6.10 Å². The van der Waals surface area contributed by atoms with Crippen molar-refractivity contribution < 1.29 is 9.53 Å². The van der Waals surface area contributed by atoms with Crippen LogP contribution in [-0.2, 0) is 11.2 Å². The Morgan fingerprint density at radius 2 is 1.74 bits per heavy atom. The van der Waals surface area contributed by atoms with E-state index in [1.165, 1.54) is 0 Å². The zero-order valence-corrected chi connectivity index (χ0v) is 10.5. The first kappa shape index (κ1) is 11.7. The summed E-state index contributed by atoms with van der Waals surface area (Å²) in [6, 6.07) is 17.6. The minimum absolute atomic E-state index is 0.178. The summed E-state index contributed by atoms with van der Waals surface area (Å²) in [5, 5.41) is 0. The molecule has 2 nitrogen and oxygen atoms in total. The second kappa shape index (κ2) is 5.11. The van der Waals surface area contributed by atoms with Gasteiger partial charge in [-0.3, -0.25) is 0 Å². The average molecular weight is 250 g/mol. The fraction of sp³-hybridized carbons (Fsp3) is 0.118. The number of rotatable bonds is 2. The highest BCUT2D eigenvalue weighted by molar-refractivity contribution is 5.92. The van der Waals surface area contributed by atoms with E-state index in [0.29, 0.717) is 5.56 Å². The van der Waals surface area contributed by atoms with Crippen LogP contribution in [0, 0.1) is 0 Å². The first-order valence-corrected chi connectivity index (χ1v) is 6.35. The molecule has 3 rings (SSSR count). The van der Waals surface area contributed by atoms with E-state index in [1.807, 2.05) is 66.7 Å². The Kier molecular flexibility index (Phi) is 3.15. The first-order valence-electron chi connectivity index (χ1n) is 6.35. The molecule has 1 aliphatic heterocycles. The lowest BCUT2D eigenvalue weighted by Crippen LogP contribution is -2.25. The van der Waals surface area contributed by atoms with Gasteiger partial charge in [-0.1, -0.05) is 54.6 Å². The molecule has 94 valence electrons. The zero-order chi connectivity index (χ0) is 13.1. The topological polar surface area (TPSA) is 26.3 Å². The Balaban J connectivity index is 1.79. The molecule has 1 aliphatic rings. The lowest BCUT2D eigenvalue weighted by atomic mass is 9.98. The van der Waals surface area contributed by atoms with Crippen molar-refractivity contribution in [3.63, 3.8) is 0 Å². The van der Waals surface area contributed by atoms with Gasteiger partial charge in [0, 0.05) is 6.42 Å². The highest BCUT2D eigenvalue weighted by Crippen LogP contribution is 2.21. The second-order valence-corrected chi connectivity index (χ2v) is 4.57. The van der Waals surface area contributed by atoms with Gasteiger partial charge in [-0.05, 0) is 23.3 Å². The van der Waals surface area contributed by atoms with Gasteiger partial charge in [0.25, 0.3) is 0 Å². The van der Waals surface area contributed by atoms with Crippen molar-refractivity contribution in [1.29, 1.82) is 0 Å². The Bertz CT molecular complexity index is 614. The molecule has 1 heterocycles. The number of carbonyl (C=O) groups excluding carboxylic acids is 1. The number of esters is 1. The molecule has 2 aromatic carbocycles. The zero-order valence-electron chi connectivity index (χ0n) is 10.5. The SMILES string of the molecule is O=C1O[C@@H](/C=C/c2ccccc2)Cc2ccccc21. The molecule has 2 heteroatoms. The molecule has 0 saturated carbocycles. The van der Waals surface area contributed by atoms with Crippen LogP contribution < -0.4 is 0 Å². The van der Waals surface area contributed by atoms with Gasteiger partial charge in [-0.25, -0.2) is 4.79 Å². The van der Waals surface area contributed by atoms with Gasteiger partial charge in [-0.2, -0.15) is 0 Å². The highest BCUT2D eigenvalue weighted by Gasteiger charge is 2.23. The summed E-state index contributed by atoms with van der Waals surface area (Å²) in [5.74, 6) is -0.232. The van der Waals surface area contributed by atoms with Crippen LogP contribution in [0.15, 0.2) is 60.7 Å². The molecule has 2 aromatic rings. The predicted molar refractivity (Wildman–Crippen MR) is 74.8 cm³/mol. The number of hydrogen-bond donors (Lipinski definition) is 0. The van der Waals surface area contributed by atoms with Gasteiger partial charge >= 0.3 is 5.97 Å². The monoisotopic (exact) mass is 250 g/mol. The third-order valence-corrected chi connectivity index (χ3v) is 3.22. The van der Waals surface area contributed by atoms with E-state index >= 15 is 0 Å². The summed E-state index contributed by atoms with van der Waals surface area (Å²) in [6.45, 7) is 0. The number of cyclic esters (lactones) is 1. The van der Waals surface area contributed by atoms with Crippen LogP contribution in [0.3, 0.4) is 0 Å². The maximum atomic E-state index is 11.9. The molecule has 0 saturated heterocycles.